The number of halogens is 4. The van der Waals surface area contributed by atoms with Crippen LogP contribution in [0.3, 0.4) is 0 Å². The van der Waals surface area contributed by atoms with Crippen LogP contribution in [-0.4, -0.2) is 31.8 Å². The number of carbonyl (C=O) groups excluding carboxylic acids is 1. The third-order valence-electron chi connectivity index (χ3n) is 5.43. The molecule has 1 N–H and O–H groups in total. The Labute approximate surface area is 176 Å². The second-order valence-electron chi connectivity index (χ2n) is 7.45. The minimum atomic E-state index is -3.83. The van der Waals surface area contributed by atoms with Crippen LogP contribution in [0.1, 0.15) is 36.0 Å². The molecule has 30 heavy (non-hydrogen) atoms. The summed E-state index contributed by atoms with van der Waals surface area (Å²) in [6.07, 6.45) is 2.16. The van der Waals surface area contributed by atoms with Gasteiger partial charge in [0.05, 0.1) is 27.4 Å². The lowest BCUT2D eigenvalue weighted by Gasteiger charge is -2.28. The molecule has 2 heterocycles. The van der Waals surface area contributed by atoms with Crippen LogP contribution in [0.5, 0.6) is 0 Å². The molecule has 2 unspecified atom stereocenters. The molecule has 2 bridgehead atoms. The number of fused-ring (bicyclic) bond motifs is 2. The number of nitrogens with one attached hydrogen (secondary N) is 1. The molecule has 2 fully saturated rings. The van der Waals surface area contributed by atoms with Gasteiger partial charge in [0.25, 0.3) is 5.91 Å². The zero-order valence-electron chi connectivity index (χ0n) is 15.5. The second kappa shape index (κ2) is 7.86. The summed E-state index contributed by atoms with van der Waals surface area (Å²) in [5.41, 5.74) is -0.380. The van der Waals surface area contributed by atoms with Crippen molar-refractivity contribution in [2.24, 2.45) is 0 Å². The number of hydrogen-bond acceptors (Lipinski definition) is 4. The van der Waals surface area contributed by atoms with Crippen LogP contribution in [0.4, 0.5) is 18.9 Å². The average molecular weight is 460 g/mol. The smallest absolute Gasteiger partial charge is 0.255 e. The van der Waals surface area contributed by atoms with Crippen molar-refractivity contribution < 1.29 is 31.1 Å². The quantitative estimate of drug-likeness (QED) is 0.684. The SMILES string of the molecule is O=C(Nc1cc(F)c(F)c(F)c1)c1ccc(Cl)c(S(=O)(=O)C2CC3CC[C@@H](C2)O3)c1. The van der Waals surface area contributed by atoms with Gasteiger partial charge in [0.2, 0.25) is 0 Å². The maximum atomic E-state index is 13.4. The van der Waals surface area contributed by atoms with Crippen molar-refractivity contribution in [1.29, 1.82) is 0 Å². The van der Waals surface area contributed by atoms with Crippen molar-refractivity contribution in [2.75, 3.05) is 5.32 Å². The van der Waals surface area contributed by atoms with Gasteiger partial charge >= 0.3 is 0 Å². The molecule has 0 spiro atoms. The molecule has 0 aliphatic carbocycles. The number of benzene rings is 2. The Balaban J connectivity index is 1.61. The molecule has 2 aromatic rings. The van der Waals surface area contributed by atoms with Crippen molar-refractivity contribution in [3.8, 4) is 0 Å². The van der Waals surface area contributed by atoms with Crippen LogP contribution in [0.25, 0.3) is 0 Å². The van der Waals surface area contributed by atoms with E-state index >= 15 is 0 Å². The van der Waals surface area contributed by atoms with E-state index < -0.39 is 38.4 Å². The molecular formula is C20H17ClF3NO4S. The summed E-state index contributed by atoms with van der Waals surface area (Å²) in [4.78, 5) is 12.3. The van der Waals surface area contributed by atoms with E-state index in [4.69, 9.17) is 16.3 Å². The largest absolute Gasteiger partial charge is 0.375 e. The first-order chi connectivity index (χ1) is 14.1. The molecule has 5 nitrogen and oxygen atoms in total. The van der Waals surface area contributed by atoms with Crippen LogP contribution in [-0.2, 0) is 14.6 Å². The maximum Gasteiger partial charge on any atom is 0.255 e. The van der Waals surface area contributed by atoms with Crippen molar-refractivity contribution in [3.63, 3.8) is 0 Å². The molecule has 2 saturated heterocycles. The Morgan fingerprint density at radius 3 is 2.23 bits per heavy atom. The molecule has 2 aromatic carbocycles. The Hall–Kier alpha value is -2.10. The topological polar surface area (TPSA) is 72.5 Å². The number of rotatable bonds is 4. The van der Waals surface area contributed by atoms with Gasteiger partial charge in [-0.3, -0.25) is 4.79 Å². The number of sulfone groups is 1. The van der Waals surface area contributed by atoms with Gasteiger partial charge in [-0.1, -0.05) is 11.6 Å². The number of hydrogen-bond donors (Lipinski definition) is 1. The van der Waals surface area contributed by atoms with E-state index in [0.29, 0.717) is 25.0 Å². The fraction of sp³-hybridized carbons (Fsp3) is 0.350. The van der Waals surface area contributed by atoms with Crippen LogP contribution < -0.4 is 5.32 Å². The number of amides is 1. The summed E-state index contributed by atoms with van der Waals surface area (Å²) in [5.74, 6) is -5.39. The standard InChI is InChI=1S/C20H17ClF3NO4S/c21-15-4-1-10(20(26)25-11-6-16(22)19(24)17(23)7-11)5-18(15)30(27,28)14-8-12-2-3-13(9-14)29-12/h1,4-7,12-14H,2-3,8-9H2,(H,25,26)/t12-,13?,14?/m0/s1. The Morgan fingerprint density at radius 2 is 1.63 bits per heavy atom. The Kier molecular flexibility index (Phi) is 5.54. The molecular weight excluding hydrogens is 443 g/mol. The van der Waals surface area contributed by atoms with E-state index in [1.165, 1.54) is 12.1 Å². The van der Waals surface area contributed by atoms with Gasteiger partial charge in [0, 0.05) is 23.4 Å². The third kappa shape index (κ3) is 3.93. The molecule has 3 atom stereocenters. The van der Waals surface area contributed by atoms with Gasteiger partial charge in [-0.2, -0.15) is 0 Å². The summed E-state index contributed by atoms with van der Waals surface area (Å²) in [7, 11) is -3.83. The fourth-order valence-corrected chi connectivity index (χ4v) is 6.30. The van der Waals surface area contributed by atoms with Crippen molar-refractivity contribution in [1.82, 2.24) is 0 Å². The normalized spacial score (nSPS) is 23.4. The van der Waals surface area contributed by atoms with Gasteiger partial charge in [-0.25, -0.2) is 21.6 Å². The predicted molar refractivity (Wildman–Crippen MR) is 104 cm³/mol. The first-order valence-corrected chi connectivity index (χ1v) is 11.2. The molecule has 0 radical (unpaired) electrons. The highest BCUT2D eigenvalue weighted by Gasteiger charge is 2.42. The summed E-state index contributed by atoms with van der Waals surface area (Å²) < 4.78 is 71.9. The van der Waals surface area contributed by atoms with E-state index in [9.17, 15) is 26.4 Å². The van der Waals surface area contributed by atoms with Crippen molar-refractivity contribution in [2.45, 2.75) is 48.0 Å². The molecule has 10 heteroatoms. The van der Waals surface area contributed by atoms with E-state index in [1.54, 1.807) is 0 Å². The highest BCUT2D eigenvalue weighted by Crippen LogP contribution is 2.39. The summed E-state index contributed by atoms with van der Waals surface area (Å²) in [6.45, 7) is 0. The first-order valence-electron chi connectivity index (χ1n) is 9.30. The molecule has 160 valence electrons. The number of ether oxygens (including phenoxy) is 1. The van der Waals surface area contributed by atoms with Crippen LogP contribution in [0, 0.1) is 17.5 Å². The lowest BCUT2D eigenvalue weighted by molar-refractivity contribution is 0.00738. The van der Waals surface area contributed by atoms with E-state index in [-0.39, 0.29) is 33.4 Å². The summed E-state index contributed by atoms with van der Waals surface area (Å²) >= 11 is 6.13. The van der Waals surface area contributed by atoms with E-state index in [1.807, 2.05) is 0 Å². The van der Waals surface area contributed by atoms with Crippen LogP contribution >= 0.6 is 11.6 Å². The van der Waals surface area contributed by atoms with Crippen molar-refractivity contribution in [3.05, 3.63) is 58.4 Å². The average Bonchev–Trinajstić information content (AvgIpc) is 3.03. The second-order valence-corrected chi connectivity index (χ2v) is 10.1. The number of anilines is 1. The highest BCUT2D eigenvalue weighted by molar-refractivity contribution is 7.92. The van der Waals surface area contributed by atoms with Gasteiger partial charge < -0.3 is 10.1 Å². The minimum absolute atomic E-state index is 0.0238. The minimum Gasteiger partial charge on any atom is -0.375 e. The summed E-state index contributed by atoms with van der Waals surface area (Å²) in [5, 5.41) is 1.53. The molecule has 4 rings (SSSR count). The zero-order chi connectivity index (χ0) is 21.6. The maximum absolute atomic E-state index is 13.4. The van der Waals surface area contributed by atoms with Gasteiger partial charge in [0.15, 0.2) is 27.3 Å². The summed E-state index contributed by atoms with van der Waals surface area (Å²) in [6, 6.07) is 4.97. The predicted octanol–water partition coefficient (Wildman–Crippen LogP) is 4.49. The van der Waals surface area contributed by atoms with Crippen molar-refractivity contribution >= 4 is 33.0 Å². The Bertz CT molecular complexity index is 1090. The highest BCUT2D eigenvalue weighted by atomic mass is 35.5. The molecule has 0 aromatic heterocycles. The Morgan fingerprint density at radius 1 is 1.03 bits per heavy atom. The number of carbonyl (C=O) groups is 1. The van der Waals surface area contributed by atoms with E-state index in [2.05, 4.69) is 5.32 Å². The molecule has 2 aliphatic heterocycles. The third-order valence-corrected chi connectivity index (χ3v) is 8.08. The molecule has 1 amide bonds. The van der Waals surface area contributed by atoms with Gasteiger partial charge in [-0.05, 0) is 43.9 Å². The first kappa shape index (κ1) is 21.1. The van der Waals surface area contributed by atoms with E-state index in [0.717, 1.165) is 18.9 Å². The lowest BCUT2D eigenvalue weighted by Crippen LogP contribution is -2.34. The lowest BCUT2D eigenvalue weighted by atomic mass is 10.1. The molecule has 2 aliphatic rings. The van der Waals surface area contributed by atoms with Gasteiger partial charge in [-0.15, -0.1) is 0 Å². The van der Waals surface area contributed by atoms with Crippen LogP contribution in [0.15, 0.2) is 35.2 Å². The fourth-order valence-electron chi connectivity index (χ4n) is 3.94. The zero-order valence-corrected chi connectivity index (χ0v) is 17.1. The van der Waals surface area contributed by atoms with Gasteiger partial charge in [0.1, 0.15) is 0 Å². The molecule has 0 saturated carbocycles. The van der Waals surface area contributed by atoms with Crippen LogP contribution in [0.2, 0.25) is 5.02 Å². The monoisotopic (exact) mass is 459 g/mol.